The summed E-state index contributed by atoms with van der Waals surface area (Å²) in [5.41, 5.74) is 3.76. The fourth-order valence-electron chi connectivity index (χ4n) is 2.90. The number of carbonyl (C=O) groups is 1. The zero-order valence-corrected chi connectivity index (χ0v) is 17.7. The van der Waals surface area contributed by atoms with Gasteiger partial charge in [0.2, 0.25) is 5.91 Å². The number of rotatable bonds is 6. The fraction of sp³-hybridized carbons (Fsp3) is 0.250. The molecule has 0 aliphatic heterocycles. The topological polar surface area (TPSA) is 69.0 Å². The van der Waals surface area contributed by atoms with Crippen molar-refractivity contribution in [2.24, 2.45) is 7.05 Å². The zero-order valence-electron chi connectivity index (χ0n) is 16.1. The number of ether oxygens (including phenoxy) is 1. The van der Waals surface area contributed by atoms with Crippen LogP contribution in [0.15, 0.2) is 41.6 Å². The Hall–Kier alpha value is -2.51. The van der Waals surface area contributed by atoms with Gasteiger partial charge < -0.3 is 14.6 Å². The number of nitrogens with zero attached hydrogens (tertiary/aromatic N) is 3. The molecule has 0 fully saturated rings. The molecule has 28 heavy (non-hydrogen) atoms. The van der Waals surface area contributed by atoms with Gasteiger partial charge in [0.05, 0.1) is 18.4 Å². The van der Waals surface area contributed by atoms with Crippen LogP contribution < -0.4 is 10.1 Å². The van der Waals surface area contributed by atoms with Crippen molar-refractivity contribution in [3.63, 3.8) is 0 Å². The summed E-state index contributed by atoms with van der Waals surface area (Å²) in [6, 6.07) is 11.3. The smallest absolute Gasteiger partial charge is 0.234 e. The van der Waals surface area contributed by atoms with Crippen molar-refractivity contribution in [2.45, 2.75) is 19.0 Å². The summed E-state index contributed by atoms with van der Waals surface area (Å²) in [7, 11) is 3.44. The standard InChI is InChI=1S/C20H21ClN4O2S/c1-12-7-13(2)9-15(8-12)22-18(26)11-28-20-24-23-19(25(20)3)16-10-14(21)5-6-17(16)27-4/h5-10H,11H2,1-4H3,(H,22,26). The molecule has 1 N–H and O–H groups in total. The summed E-state index contributed by atoms with van der Waals surface area (Å²) < 4.78 is 7.21. The van der Waals surface area contributed by atoms with Gasteiger partial charge in [0, 0.05) is 17.8 Å². The van der Waals surface area contributed by atoms with Crippen molar-refractivity contribution < 1.29 is 9.53 Å². The molecule has 0 aliphatic carbocycles. The second-order valence-electron chi connectivity index (χ2n) is 6.42. The summed E-state index contributed by atoms with van der Waals surface area (Å²) in [4.78, 5) is 12.3. The van der Waals surface area contributed by atoms with Crippen molar-refractivity contribution in [1.29, 1.82) is 0 Å². The van der Waals surface area contributed by atoms with Gasteiger partial charge in [0.15, 0.2) is 11.0 Å². The fourth-order valence-corrected chi connectivity index (χ4v) is 3.79. The van der Waals surface area contributed by atoms with Crippen LogP contribution in [0, 0.1) is 13.8 Å². The summed E-state index contributed by atoms with van der Waals surface area (Å²) in [6.45, 7) is 4.01. The minimum absolute atomic E-state index is 0.0973. The van der Waals surface area contributed by atoms with Gasteiger partial charge in [-0.05, 0) is 55.3 Å². The van der Waals surface area contributed by atoms with E-state index in [0.29, 0.717) is 21.8 Å². The Morgan fingerprint density at radius 3 is 2.57 bits per heavy atom. The van der Waals surface area contributed by atoms with Gasteiger partial charge in [0.1, 0.15) is 5.75 Å². The van der Waals surface area contributed by atoms with E-state index >= 15 is 0 Å². The number of carbonyl (C=O) groups excluding carboxylic acids is 1. The van der Waals surface area contributed by atoms with Gasteiger partial charge in [-0.3, -0.25) is 4.79 Å². The van der Waals surface area contributed by atoms with Gasteiger partial charge in [-0.25, -0.2) is 0 Å². The Labute approximate surface area is 173 Å². The molecule has 146 valence electrons. The molecular weight excluding hydrogens is 396 g/mol. The Kier molecular flexibility index (Phi) is 6.26. The monoisotopic (exact) mass is 416 g/mol. The molecule has 0 saturated heterocycles. The van der Waals surface area contributed by atoms with Crippen LogP contribution in [0.2, 0.25) is 5.02 Å². The molecule has 0 atom stereocenters. The molecule has 8 heteroatoms. The second kappa shape index (κ2) is 8.67. The molecule has 6 nitrogen and oxygen atoms in total. The van der Waals surface area contributed by atoms with Crippen LogP contribution in [0.5, 0.6) is 5.75 Å². The molecule has 0 bridgehead atoms. The van der Waals surface area contributed by atoms with Crippen LogP contribution in [-0.4, -0.2) is 33.5 Å². The van der Waals surface area contributed by atoms with Crippen LogP contribution >= 0.6 is 23.4 Å². The maximum Gasteiger partial charge on any atom is 0.234 e. The molecule has 0 spiro atoms. The normalized spacial score (nSPS) is 10.8. The molecule has 1 heterocycles. The van der Waals surface area contributed by atoms with E-state index in [-0.39, 0.29) is 11.7 Å². The molecule has 0 unspecified atom stereocenters. The number of aromatic nitrogens is 3. The molecule has 1 amide bonds. The maximum absolute atomic E-state index is 12.3. The summed E-state index contributed by atoms with van der Waals surface area (Å²) in [5, 5.41) is 12.6. The van der Waals surface area contributed by atoms with Crippen molar-refractivity contribution in [3.05, 3.63) is 52.5 Å². The van der Waals surface area contributed by atoms with E-state index < -0.39 is 0 Å². The van der Waals surface area contributed by atoms with E-state index in [1.807, 2.05) is 37.6 Å². The number of amides is 1. The molecule has 3 aromatic rings. The molecule has 0 radical (unpaired) electrons. The lowest BCUT2D eigenvalue weighted by molar-refractivity contribution is -0.113. The van der Waals surface area contributed by atoms with E-state index in [0.717, 1.165) is 22.4 Å². The Bertz CT molecular complexity index is 999. The minimum Gasteiger partial charge on any atom is -0.496 e. The first-order valence-corrected chi connectivity index (χ1v) is 9.98. The van der Waals surface area contributed by atoms with Gasteiger partial charge in [0.25, 0.3) is 0 Å². The Balaban J connectivity index is 1.71. The van der Waals surface area contributed by atoms with Crippen LogP contribution in [0.4, 0.5) is 5.69 Å². The molecule has 3 rings (SSSR count). The third-order valence-corrected chi connectivity index (χ3v) is 5.33. The first-order valence-electron chi connectivity index (χ1n) is 8.61. The summed E-state index contributed by atoms with van der Waals surface area (Å²) >= 11 is 7.43. The first-order chi connectivity index (χ1) is 13.4. The van der Waals surface area contributed by atoms with E-state index in [1.54, 1.807) is 25.3 Å². The second-order valence-corrected chi connectivity index (χ2v) is 7.80. The number of methoxy groups -OCH3 is 1. The SMILES string of the molecule is COc1ccc(Cl)cc1-c1nnc(SCC(=O)Nc2cc(C)cc(C)c2)n1C. The Morgan fingerprint density at radius 1 is 1.18 bits per heavy atom. The molecular formula is C20H21ClN4O2S. The average molecular weight is 417 g/mol. The van der Waals surface area contributed by atoms with Gasteiger partial charge in [-0.2, -0.15) is 0 Å². The van der Waals surface area contributed by atoms with Crippen LogP contribution in [0.25, 0.3) is 11.4 Å². The van der Waals surface area contributed by atoms with E-state index in [4.69, 9.17) is 16.3 Å². The van der Waals surface area contributed by atoms with Crippen LogP contribution in [-0.2, 0) is 11.8 Å². The van der Waals surface area contributed by atoms with E-state index in [2.05, 4.69) is 21.6 Å². The highest BCUT2D eigenvalue weighted by atomic mass is 35.5. The highest BCUT2D eigenvalue weighted by molar-refractivity contribution is 7.99. The van der Waals surface area contributed by atoms with E-state index in [1.165, 1.54) is 11.8 Å². The largest absolute Gasteiger partial charge is 0.496 e. The minimum atomic E-state index is -0.0973. The first kappa shape index (κ1) is 20.2. The maximum atomic E-state index is 12.3. The van der Waals surface area contributed by atoms with Gasteiger partial charge in [-0.1, -0.05) is 29.4 Å². The highest BCUT2D eigenvalue weighted by Crippen LogP contribution is 2.32. The lowest BCUT2D eigenvalue weighted by atomic mass is 10.1. The number of hydrogen-bond donors (Lipinski definition) is 1. The zero-order chi connectivity index (χ0) is 20.3. The van der Waals surface area contributed by atoms with E-state index in [9.17, 15) is 4.79 Å². The van der Waals surface area contributed by atoms with Crippen molar-refractivity contribution >= 4 is 35.0 Å². The third kappa shape index (κ3) is 4.66. The van der Waals surface area contributed by atoms with Crippen molar-refractivity contribution in [3.8, 4) is 17.1 Å². The highest BCUT2D eigenvalue weighted by Gasteiger charge is 2.17. The van der Waals surface area contributed by atoms with Gasteiger partial charge >= 0.3 is 0 Å². The number of anilines is 1. The number of nitrogens with one attached hydrogen (secondary N) is 1. The lowest BCUT2D eigenvalue weighted by Crippen LogP contribution is -2.14. The van der Waals surface area contributed by atoms with Gasteiger partial charge in [-0.15, -0.1) is 10.2 Å². The predicted molar refractivity (Wildman–Crippen MR) is 113 cm³/mol. The Morgan fingerprint density at radius 2 is 1.89 bits per heavy atom. The molecule has 1 aromatic heterocycles. The number of aryl methyl sites for hydroxylation is 2. The summed E-state index contributed by atoms with van der Waals surface area (Å²) in [5.74, 6) is 1.41. The lowest BCUT2D eigenvalue weighted by Gasteiger charge is -2.09. The van der Waals surface area contributed by atoms with Crippen molar-refractivity contribution in [1.82, 2.24) is 14.8 Å². The number of halogens is 1. The summed E-state index contributed by atoms with van der Waals surface area (Å²) in [6.07, 6.45) is 0. The molecule has 2 aromatic carbocycles. The average Bonchev–Trinajstić information content (AvgIpc) is 2.99. The van der Waals surface area contributed by atoms with Crippen LogP contribution in [0.3, 0.4) is 0 Å². The van der Waals surface area contributed by atoms with Crippen molar-refractivity contribution in [2.75, 3.05) is 18.2 Å². The predicted octanol–water partition coefficient (Wildman–Crippen LogP) is 4.49. The molecule has 0 saturated carbocycles. The number of thioether (sulfide) groups is 1. The quantitative estimate of drug-likeness (QED) is 0.599. The third-order valence-electron chi connectivity index (χ3n) is 4.08. The molecule has 0 aliphatic rings. The van der Waals surface area contributed by atoms with Crippen LogP contribution in [0.1, 0.15) is 11.1 Å². The number of hydrogen-bond acceptors (Lipinski definition) is 5. The number of benzene rings is 2.